The van der Waals surface area contributed by atoms with Crippen molar-refractivity contribution in [1.82, 2.24) is 0 Å². The van der Waals surface area contributed by atoms with E-state index < -0.39 is 10.8 Å². The van der Waals surface area contributed by atoms with Crippen LogP contribution in [0.5, 0.6) is 5.75 Å². The Morgan fingerprint density at radius 3 is 2.83 bits per heavy atom. The van der Waals surface area contributed by atoms with Gasteiger partial charge < -0.3 is 10.1 Å². The Bertz CT molecular complexity index is 469. The van der Waals surface area contributed by atoms with E-state index in [0.29, 0.717) is 17.9 Å². The Morgan fingerprint density at radius 2 is 2.28 bits per heavy atom. The minimum atomic E-state index is -0.811. The van der Waals surface area contributed by atoms with Gasteiger partial charge in [-0.2, -0.15) is 5.26 Å². The number of ether oxygens (including phenoxy) is 1. The van der Waals surface area contributed by atoms with Gasteiger partial charge in [0.25, 0.3) is 0 Å². The molecule has 0 amide bonds. The second-order valence-corrected chi connectivity index (χ2v) is 5.85. The Balaban J connectivity index is 2.66. The Morgan fingerprint density at radius 1 is 1.56 bits per heavy atom. The van der Waals surface area contributed by atoms with Crippen LogP contribution in [0.15, 0.2) is 18.2 Å². The summed E-state index contributed by atoms with van der Waals surface area (Å²) in [6, 6.07) is 7.41. The number of anilines is 1. The van der Waals surface area contributed by atoms with Gasteiger partial charge in [0.05, 0.1) is 18.4 Å². The minimum absolute atomic E-state index is 0.147. The van der Waals surface area contributed by atoms with Crippen LogP contribution in [0.3, 0.4) is 0 Å². The Kier molecular flexibility index (Phi) is 5.66. The molecule has 5 heteroatoms. The normalized spacial score (nSPS) is 13.4. The molecule has 0 bridgehead atoms. The Labute approximate surface area is 110 Å². The van der Waals surface area contributed by atoms with E-state index in [-0.39, 0.29) is 5.25 Å². The average Bonchev–Trinajstić information content (AvgIpc) is 2.38. The van der Waals surface area contributed by atoms with Crippen LogP contribution in [0.1, 0.15) is 18.9 Å². The molecule has 0 saturated heterocycles. The fourth-order valence-corrected chi connectivity index (χ4v) is 1.92. The molecule has 0 aliphatic heterocycles. The van der Waals surface area contributed by atoms with E-state index in [9.17, 15) is 4.21 Å². The summed E-state index contributed by atoms with van der Waals surface area (Å²) in [4.78, 5) is 0. The smallest absolute Gasteiger partial charge is 0.121 e. The summed E-state index contributed by atoms with van der Waals surface area (Å²) in [5.41, 5.74) is 1.34. The first-order valence-corrected chi connectivity index (χ1v) is 7.35. The van der Waals surface area contributed by atoms with Crippen LogP contribution in [0.4, 0.5) is 5.69 Å². The third kappa shape index (κ3) is 4.04. The van der Waals surface area contributed by atoms with Crippen molar-refractivity contribution in [3.63, 3.8) is 0 Å². The van der Waals surface area contributed by atoms with Gasteiger partial charge in [-0.25, -0.2) is 0 Å². The zero-order valence-corrected chi connectivity index (χ0v) is 11.7. The average molecular weight is 266 g/mol. The fourth-order valence-electron chi connectivity index (χ4n) is 1.47. The molecule has 1 aromatic carbocycles. The lowest BCUT2D eigenvalue weighted by Gasteiger charge is -2.12. The molecule has 98 valence electrons. The number of nitrogens with zero attached hydrogens (tertiary/aromatic N) is 1. The zero-order chi connectivity index (χ0) is 13.5. The number of benzene rings is 1. The van der Waals surface area contributed by atoms with Crippen LogP contribution in [0, 0.1) is 11.3 Å². The van der Waals surface area contributed by atoms with Crippen LogP contribution < -0.4 is 10.1 Å². The summed E-state index contributed by atoms with van der Waals surface area (Å²) >= 11 is 0. The maximum atomic E-state index is 11.2. The van der Waals surface area contributed by atoms with Gasteiger partial charge in [-0.1, -0.05) is 6.92 Å². The monoisotopic (exact) mass is 266 g/mol. The summed E-state index contributed by atoms with van der Waals surface area (Å²) < 4.78 is 16.3. The lowest BCUT2D eigenvalue weighted by molar-refractivity contribution is 0.415. The van der Waals surface area contributed by atoms with E-state index in [2.05, 4.69) is 11.4 Å². The van der Waals surface area contributed by atoms with Crippen molar-refractivity contribution in [2.75, 3.05) is 25.2 Å². The molecule has 1 aromatic rings. The zero-order valence-electron chi connectivity index (χ0n) is 10.9. The predicted molar refractivity (Wildman–Crippen MR) is 74.3 cm³/mol. The van der Waals surface area contributed by atoms with Gasteiger partial charge >= 0.3 is 0 Å². The summed E-state index contributed by atoms with van der Waals surface area (Å²) in [6.45, 7) is 2.64. The molecule has 0 aliphatic rings. The van der Waals surface area contributed by atoms with Crippen LogP contribution in [0.2, 0.25) is 0 Å². The first kappa shape index (κ1) is 14.5. The summed E-state index contributed by atoms with van der Waals surface area (Å²) in [7, 11) is 0.780. The van der Waals surface area contributed by atoms with Crippen LogP contribution in [-0.4, -0.2) is 29.4 Å². The van der Waals surface area contributed by atoms with Gasteiger partial charge in [0.15, 0.2) is 0 Å². The number of methoxy groups -OCH3 is 1. The predicted octanol–water partition coefficient (Wildman–Crippen LogP) is 2.14. The Hall–Kier alpha value is -1.54. The van der Waals surface area contributed by atoms with Gasteiger partial charge in [0, 0.05) is 34.9 Å². The standard InChI is InChI=1S/C13H18N2O2S/c1-10(18(3)16)6-7-15-13-8-12(17-2)5-4-11(13)9-14/h4-5,8,10,15H,6-7H2,1-3H3. The quantitative estimate of drug-likeness (QED) is 0.857. The number of nitrogens with one attached hydrogen (secondary N) is 1. The second-order valence-electron chi connectivity index (χ2n) is 4.05. The summed E-state index contributed by atoms with van der Waals surface area (Å²) in [6.07, 6.45) is 2.50. The molecule has 1 rings (SSSR count). The molecular formula is C13H18N2O2S. The molecule has 0 fully saturated rings. The summed E-state index contributed by atoms with van der Waals surface area (Å²) in [5.74, 6) is 0.712. The lowest BCUT2D eigenvalue weighted by Crippen LogP contribution is -2.15. The maximum Gasteiger partial charge on any atom is 0.121 e. The van der Waals surface area contributed by atoms with Crippen LogP contribution >= 0.6 is 0 Å². The van der Waals surface area contributed by atoms with Crippen LogP contribution in [-0.2, 0) is 10.8 Å². The molecule has 0 spiro atoms. The van der Waals surface area contributed by atoms with Crippen molar-refractivity contribution in [2.24, 2.45) is 0 Å². The summed E-state index contributed by atoms with van der Waals surface area (Å²) in [5, 5.41) is 12.3. The van der Waals surface area contributed by atoms with Crippen molar-refractivity contribution in [1.29, 1.82) is 5.26 Å². The van der Waals surface area contributed by atoms with E-state index in [0.717, 1.165) is 12.1 Å². The molecule has 2 atom stereocenters. The molecule has 0 heterocycles. The van der Waals surface area contributed by atoms with E-state index in [1.807, 2.05) is 6.92 Å². The number of hydrogen-bond acceptors (Lipinski definition) is 4. The van der Waals surface area contributed by atoms with E-state index >= 15 is 0 Å². The lowest BCUT2D eigenvalue weighted by atomic mass is 10.2. The molecule has 4 nitrogen and oxygen atoms in total. The molecule has 0 aromatic heterocycles. The molecule has 18 heavy (non-hydrogen) atoms. The highest BCUT2D eigenvalue weighted by Gasteiger charge is 2.07. The first-order chi connectivity index (χ1) is 8.58. The minimum Gasteiger partial charge on any atom is -0.497 e. The van der Waals surface area contributed by atoms with Crippen molar-refractivity contribution in [3.05, 3.63) is 23.8 Å². The third-order valence-corrected chi connectivity index (χ3v) is 4.15. The number of nitriles is 1. The molecule has 1 N–H and O–H groups in total. The van der Waals surface area contributed by atoms with E-state index in [4.69, 9.17) is 10.00 Å². The topological polar surface area (TPSA) is 62.1 Å². The molecule has 0 radical (unpaired) electrons. The van der Waals surface area contributed by atoms with Gasteiger partial charge in [0.2, 0.25) is 0 Å². The highest BCUT2D eigenvalue weighted by atomic mass is 32.2. The van der Waals surface area contributed by atoms with Crippen LogP contribution in [0.25, 0.3) is 0 Å². The molecular weight excluding hydrogens is 248 g/mol. The molecule has 2 unspecified atom stereocenters. The van der Waals surface area contributed by atoms with Crippen molar-refractivity contribution in [2.45, 2.75) is 18.6 Å². The fraction of sp³-hybridized carbons (Fsp3) is 0.462. The third-order valence-electron chi connectivity index (χ3n) is 2.78. The van der Waals surface area contributed by atoms with Gasteiger partial charge in [-0.15, -0.1) is 0 Å². The molecule has 0 aliphatic carbocycles. The van der Waals surface area contributed by atoms with Gasteiger partial charge in [-0.05, 0) is 18.6 Å². The van der Waals surface area contributed by atoms with E-state index in [1.54, 1.807) is 31.6 Å². The second kappa shape index (κ2) is 7.02. The SMILES string of the molecule is COc1ccc(C#N)c(NCCC(C)S(C)=O)c1. The highest BCUT2D eigenvalue weighted by Crippen LogP contribution is 2.21. The van der Waals surface area contributed by atoms with Crippen molar-refractivity contribution >= 4 is 16.5 Å². The van der Waals surface area contributed by atoms with Gasteiger partial charge in [0.1, 0.15) is 11.8 Å². The molecule has 0 saturated carbocycles. The van der Waals surface area contributed by atoms with Gasteiger partial charge in [-0.3, -0.25) is 4.21 Å². The number of rotatable bonds is 6. The number of hydrogen-bond donors (Lipinski definition) is 1. The van der Waals surface area contributed by atoms with Crippen molar-refractivity contribution in [3.8, 4) is 11.8 Å². The first-order valence-electron chi connectivity index (χ1n) is 5.72. The maximum absolute atomic E-state index is 11.2. The van der Waals surface area contributed by atoms with E-state index in [1.165, 1.54) is 0 Å². The highest BCUT2D eigenvalue weighted by molar-refractivity contribution is 7.84. The largest absolute Gasteiger partial charge is 0.497 e. The van der Waals surface area contributed by atoms with Crippen molar-refractivity contribution < 1.29 is 8.95 Å².